The lowest BCUT2D eigenvalue weighted by molar-refractivity contribution is -0.112. The number of rotatable bonds is 7. The lowest BCUT2D eigenvalue weighted by Crippen LogP contribution is -2.26. The maximum atomic E-state index is 13.4. The third kappa shape index (κ3) is 5.09. The molecule has 192 valence electrons. The predicted molar refractivity (Wildman–Crippen MR) is 153 cm³/mol. The number of anilines is 2. The van der Waals surface area contributed by atoms with E-state index in [4.69, 9.17) is 9.72 Å². The Morgan fingerprint density at radius 1 is 1.21 bits per heavy atom. The fourth-order valence-electron chi connectivity index (χ4n) is 4.36. The molecule has 1 aliphatic carbocycles. The van der Waals surface area contributed by atoms with Crippen molar-refractivity contribution in [3.63, 3.8) is 0 Å². The first-order valence-corrected chi connectivity index (χ1v) is 13.2. The van der Waals surface area contributed by atoms with Crippen LogP contribution < -0.4 is 9.64 Å². The molecule has 8 nitrogen and oxygen atoms in total. The van der Waals surface area contributed by atoms with Gasteiger partial charge in [-0.25, -0.2) is 9.78 Å². The smallest absolute Gasteiger partial charge is 0.335 e. The molecule has 38 heavy (non-hydrogen) atoms. The molecule has 2 heterocycles. The number of hydrogen-bond acceptors (Lipinski definition) is 5. The Labute approximate surface area is 233 Å². The van der Waals surface area contributed by atoms with Crippen LogP contribution in [-0.4, -0.2) is 31.7 Å². The molecule has 2 aromatic heterocycles. The molecule has 0 atom stereocenters. The van der Waals surface area contributed by atoms with E-state index in [0.29, 0.717) is 28.7 Å². The number of aromatic nitrogens is 3. The van der Waals surface area contributed by atoms with Crippen LogP contribution in [0.5, 0.6) is 5.88 Å². The summed E-state index contributed by atoms with van der Waals surface area (Å²) in [5.74, 6) is 5.18. The third-order valence-corrected chi connectivity index (χ3v) is 7.59. The highest BCUT2D eigenvalue weighted by molar-refractivity contribution is 14.1. The highest BCUT2D eigenvalue weighted by Crippen LogP contribution is 2.47. The van der Waals surface area contributed by atoms with Crippen LogP contribution >= 0.6 is 22.6 Å². The number of halogens is 1. The van der Waals surface area contributed by atoms with Crippen molar-refractivity contribution in [1.82, 2.24) is 14.8 Å². The Morgan fingerprint density at radius 3 is 2.71 bits per heavy atom. The summed E-state index contributed by atoms with van der Waals surface area (Å²) in [5.41, 5.74) is 5.09. The summed E-state index contributed by atoms with van der Waals surface area (Å²) in [7, 11) is 1.79. The predicted octanol–water partition coefficient (Wildman–Crippen LogP) is 5.72. The zero-order valence-corrected chi connectivity index (χ0v) is 23.3. The van der Waals surface area contributed by atoms with E-state index < -0.39 is 5.97 Å². The van der Waals surface area contributed by atoms with Crippen molar-refractivity contribution in [2.75, 3.05) is 4.90 Å². The molecule has 9 heteroatoms. The second-order valence-corrected chi connectivity index (χ2v) is 10.4. The second-order valence-electron chi connectivity index (χ2n) is 9.21. The fourth-order valence-corrected chi connectivity index (χ4v) is 4.85. The lowest BCUT2D eigenvalue weighted by atomic mass is 10.0. The van der Waals surface area contributed by atoms with Gasteiger partial charge in [0.15, 0.2) is 5.52 Å². The van der Waals surface area contributed by atoms with Crippen molar-refractivity contribution >= 4 is 57.0 Å². The molecule has 5 rings (SSSR count). The van der Waals surface area contributed by atoms with Crippen LogP contribution in [-0.2, 0) is 18.4 Å². The Kier molecular flexibility index (Phi) is 7.08. The first kappa shape index (κ1) is 25.7. The highest BCUT2D eigenvalue weighted by atomic mass is 127. The molecule has 1 amide bonds. The summed E-state index contributed by atoms with van der Waals surface area (Å²) in [5, 5.41) is 13.8. The van der Waals surface area contributed by atoms with Gasteiger partial charge in [-0.1, -0.05) is 18.1 Å². The minimum atomic E-state index is -1.00. The SMILES string of the molecule is CC#CC(=O)N(c1ccc2c(n1)c(OCc1cccc(C(=O)O)c1)nn2C)c1cc(C)c(I)cc1C1CC1. The normalized spacial score (nSPS) is 12.6. The summed E-state index contributed by atoms with van der Waals surface area (Å²) >= 11 is 2.33. The van der Waals surface area contributed by atoms with Gasteiger partial charge < -0.3 is 9.84 Å². The maximum Gasteiger partial charge on any atom is 0.335 e. The van der Waals surface area contributed by atoms with E-state index in [2.05, 4.69) is 45.6 Å². The number of amides is 1. The number of hydrogen-bond donors (Lipinski definition) is 1. The number of carboxylic acid groups (broad SMARTS) is 1. The van der Waals surface area contributed by atoms with E-state index >= 15 is 0 Å². The first-order chi connectivity index (χ1) is 18.3. The Bertz CT molecular complexity index is 1650. The van der Waals surface area contributed by atoms with Crippen LogP contribution in [0.2, 0.25) is 0 Å². The first-order valence-electron chi connectivity index (χ1n) is 12.1. The molecule has 1 fully saturated rings. The van der Waals surface area contributed by atoms with Gasteiger partial charge in [-0.05, 0) is 114 Å². The van der Waals surface area contributed by atoms with Crippen molar-refractivity contribution in [2.45, 2.75) is 39.2 Å². The minimum Gasteiger partial charge on any atom is -0.478 e. The molecular formula is C29H25IN4O4. The molecule has 0 radical (unpaired) electrons. The van der Waals surface area contributed by atoms with Crippen LogP contribution in [0.3, 0.4) is 0 Å². The average molecular weight is 620 g/mol. The van der Waals surface area contributed by atoms with E-state index in [1.54, 1.807) is 47.8 Å². The van der Waals surface area contributed by atoms with Gasteiger partial charge in [0, 0.05) is 10.6 Å². The number of fused-ring (bicyclic) bond motifs is 1. The number of benzene rings is 2. The van der Waals surface area contributed by atoms with E-state index in [-0.39, 0.29) is 18.1 Å². The molecule has 1 N–H and O–H groups in total. The zero-order valence-electron chi connectivity index (χ0n) is 21.2. The summed E-state index contributed by atoms with van der Waals surface area (Å²) in [6, 6.07) is 14.4. The Balaban J connectivity index is 1.57. The van der Waals surface area contributed by atoms with Crippen LogP contribution in [0.15, 0.2) is 48.5 Å². The molecule has 0 unspecified atom stereocenters. The van der Waals surface area contributed by atoms with Crippen molar-refractivity contribution in [3.8, 4) is 17.7 Å². The third-order valence-electron chi connectivity index (χ3n) is 6.43. The largest absolute Gasteiger partial charge is 0.478 e. The number of carbonyl (C=O) groups excluding carboxylic acids is 1. The quantitative estimate of drug-likeness (QED) is 0.210. The van der Waals surface area contributed by atoms with Crippen molar-refractivity contribution in [2.24, 2.45) is 7.05 Å². The van der Waals surface area contributed by atoms with E-state index in [0.717, 1.165) is 38.7 Å². The highest BCUT2D eigenvalue weighted by Gasteiger charge is 2.31. The monoisotopic (exact) mass is 620 g/mol. The molecule has 0 aliphatic heterocycles. The summed E-state index contributed by atoms with van der Waals surface area (Å²) in [6.45, 7) is 3.78. The number of nitrogens with zero attached hydrogens (tertiary/aromatic N) is 4. The molecule has 2 aromatic carbocycles. The molecule has 0 bridgehead atoms. The van der Waals surface area contributed by atoms with Crippen molar-refractivity contribution in [3.05, 3.63) is 74.4 Å². The number of ether oxygens (including phenoxy) is 1. The zero-order chi connectivity index (χ0) is 27.0. The number of aromatic carboxylic acids is 1. The number of pyridine rings is 1. The van der Waals surface area contributed by atoms with E-state index in [1.807, 2.05) is 19.1 Å². The molecule has 0 saturated heterocycles. The molecule has 1 aliphatic rings. The number of carboxylic acids is 1. The number of carbonyl (C=O) groups is 2. The van der Waals surface area contributed by atoms with Crippen molar-refractivity contribution < 1.29 is 19.4 Å². The van der Waals surface area contributed by atoms with Crippen LogP contribution in [0.4, 0.5) is 11.5 Å². The molecule has 0 spiro atoms. The van der Waals surface area contributed by atoms with Gasteiger partial charge >= 0.3 is 11.9 Å². The van der Waals surface area contributed by atoms with Gasteiger partial charge in [0.25, 0.3) is 5.88 Å². The average Bonchev–Trinajstić information content (AvgIpc) is 3.69. The summed E-state index contributed by atoms with van der Waals surface area (Å²) < 4.78 is 8.81. The maximum absolute atomic E-state index is 13.4. The van der Waals surface area contributed by atoms with Crippen LogP contribution in [0, 0.1) is 22.3 Å². The second kappa shape index (κ2) is 10.5. The minimum absolute atomic E-state index is 0.116. The summed E-state index contributed by atoms with van der Waals surface area (Å²) in [4.78, 5) is 31.1. The fraction of sp³-hybridized carbons (Fsp3) is 0.241. The lowest BCUT2D eigenvalue weighted by Gasteiger charge is -2.24. The van der Waals surface area contributed by atoms with Crippen molar-refractivity contribution in [1.29, 1.82) is 0 Å². The van der Waals surface area contributed by atoms with Gasteiger partial charge in [-0.15, -0.1) is 5.10 Å². The van der Waals surface area contributed by atoms with Gasteiger partial charge in [-0.2, -0.15) is 0 Å². The number of aryl methyl sites for hydroxylation is 2. The van der Waals surface area contributed by atoms with Gasteiger partial charge in [0.05, 0.1) is 16.8 Å². The van der Waals surface area contributed by atoms with Gasteiger partial charge in [0.2, 0.25) is 0 Å². The van der Waals surface area contributed by atoms with Gasteiger partial charge in [0.1, 0.15) is 12.4 Å². The van der Waals surface area contributed by atoms with Crippen LogP contribution in [0.25, 0.3) is 11.0 Å². The Morgan fingerprint density at radius 2 is 2.00 bits per heavy atom. The van der Waals surface area contributed by atoms with Crippen LogP contribution in [0.1, 0.15) is 52.7 Å². The topological polar surface area (TPSA) is 97.6 Å². The molecular weight excluding hydrogens is 595 g/mol. The van der Waals surface area contributed by atoms with E-state index in [9.17, 15) is 14.7 Å². The summed E-state index contributed by atoms with van der Waals surface area (Å²) in [6.07, 6.45) is 2.17. The molecule has 4 aromatic rings. The Hall–Kier alpha value is -3.91. The van der Waals surface area contributed by atoms with E-state index in [1.165, 1.54) is 6.07 Å². The standard InChI is InChI=1S/C29H25IN4O4/c1-4-6-26(35)34(24-13-17(2)22(30)15-21(24)19-9-10-19)25-12-11-23-27(31-25)28(32-33(23)3)38-16-18-7-5-8-20(14-18)29(36)37/h5,7-8,11-15,19H,9-10,16H2,1-3H3,(H,36,37). The van der Waals surface area contributed by atoms with Gasteiger partial charge in [-0.3, -0.25) is 14.4 Å². The molecule has 1 saturated carbocycles.